The van der Waals surface area contributed by atoms with Crippen LogP contribution in [0.2, 0.25) is 0 Å². The molecule has 0 N–H and O–H groups in total. The van der Waals surface area contributed by atoms with Gasteiger partial charge in [0.2, 0.25) is 5.91 Å². The maximum absolute atomic E-state index is 13.5. The van der Waals surface area contributed by atoms with E-state index in [1.165, 1.54) is 6.07 Å². The van der Waals surface area contributed by atoms with Gasteiger partial charge in [-0.2, -0.15) is 13.2 Å². The molecule has 6 nitrogen and oxygen atoms in total. The van der Waals surface area contributed by atoms with Crippen LogP contribution in [0.25, 0.3) is 33.5 Å². The average molecular weight is 568 g/mol. The highest BCUT2D eigenvalue weighted by Gasteiger charge is 2.37. The van der Waals surface area contributed by atoms with Crippen LogP contribution < -0.4 is 0 Å². The Bertz CT molecular complexity index is 1690. The fourth-order valence-electron chi connectivity index (χ4n) is 5.45. The quantitative estimate of drug-likeness (QED) is 0.284. The molecule has 1 atom stereocenters. The minimum absolute atomic E-state index is 0.158. The van der Waals surface area contributed by atoms with Crippen molar-refractivity contribution in [3.8, 4) is 22.5 Å². The summed E-state index contributed by atoms with van der Waals surface area (Å²) in [7, 11) is -3.30. The highest BCUT2D eigenvalue weighted by Crippen LogP contribution is 2.36. The van der Waals surface area contributed by atoms with E-state index in [0.29, 0.717) is 31.0 Å². The van der Waals surface area contributed by atoms with Crippen LogP contribution in [-0.4, -0.2) is 48.1 Å². The first-order valence-electron chi connectivity index (χ1n) is 13.2. The Kier molecular flexibility index (Phi) is 6.48. The Labute approximate surface area is 230 Å². The summed E-state index contributed by atoms with van der Waals surface area (Å²) < 4.78 is 65.9. The molecule has 0 radical (unpaired) electrons. The summed E-state index contributed by atoms with van der Waals surface area (Å²) in [6, 6.07) is 17.8. The van der Waals surface area contributed by atoms with Gasteiger partial charge in [0.25, 0.3) is 0 Å². The van der Waals surface area contributed by atoms with E-state index in [1.807, 2.05) is 33.7 Å². The molecular formula is C30H28F3N3O3S. The molecule has 0 unspecified atom stereocenters. The number of likely N-dealkylation sites (tertiary alicyclic amines) is 1. The van der Waals surface area contributed by atoms with Crippen molar-refractivity contribution in [1.29, 1.82) is 0 Å². The smallest absolute Gasteiger partial charge is 0.342 e. The molecule has 4 aromatic rings. The summed E-state index contributed by atoms with van der Waals surface area (Å²) in [5, 5.41) is 0. The van der Waals surface area contributed by atoms with Crippen molar-refractivity contribution in [3.05, 3.63) is 72.3 Å². The molecule has 208 valence electrons. The first-order chi connectivity index (χ1) is 19.0. The molecule has 1 aliphatic carbocycles. The Morgan fingerprint density at radius 1 is 0.925 bits per heavy atom. The summed E-state index contributed by atoms with van der Waals surface area (Å²) in [5.74, 6) is 1.12. The lowest BCUT2D eigenvalue weighted by Crippen LogP contribution is -2.30. The van der Waals surface area contributed by atoms with E-state index >= 15 is 0 Å². The van der Waals surface area contributed by atoms with E-state index in [9.17, 15) is 26.4 Å². The molecule has 2 aliphatic rings. The normalized spacial score (nSPS) is 18.0. The number of fused-ring (bicyclic) bond motifs is 1. The van der Waals surface area contributed by atoms with Crippen LogP contribution in [0.5, 0.6) is 0 Å². The van der Waals surface area contributed by atoms with Crippen LogP contribution in [0.1, 0.15) is 24.8 Å². The molecule has 1 saturated carbocycles. The summed E-state index contributed by atoms with van der Waals surface area (Å²) in [4.78, 5) is 19.4. The standard InChI is InChI=1S/C30H28F3N3O3S/c1-40(38,39)25-11-8-21(9-12-25)20-2-4-22(5-3-20)28-34-26-16-24(30(31,32)33)10-13-27(26)36(28)18-19-14-15-35(17-19)29(37)23-6-7-23/h2-5,8-13,16,19,23H,6-7,14-15,17-18H2,1H3/t19-/m0/s1. The maximum Gasteiger partial charge on any atom is 0.416 e. The third-order valence-electron chi connectivity index (χ3n) is 7.80. The first kappa shape index (κ1) is 26.6. The summed E-state index contributed by atoms with van der Waals surface area (Å²) in [6.45, 7) is 1.88. The van der Waals surface area contributed by atoms with Crippen molar-refractivity contribution in [1.82, 2.24) is 14.5 Å². The van der Waals surface area contributed by atoms with Gasteiger partial charge in [0.15, 0.2) is 9.84 Å². The zero-order valence-corrected chi connectivity index (χ0v) is 22.7. The number of imidazole rings is 1. The molecule has 0 spiro atoms. The summed E-state index contributed by atoms with van der Waals surface area (Å²) >= 11 is 0. The van der Waals surface area contributed by atoms with Crippen molar-refractivity contribution >= 4 is 26.8 Å². The van der Waals surface area contributed by atoms with Gasteiger partial charge < -0.3 is 9.47 Å². The Hall–Kier alpha value is -3.66. The van der Waals surface area contributed by atoms with Gasteiger partial charge in [0.05, 0.1) is 21.5 Å². The molecule has 1 aromatic heterocycles. The van der Waals surface area contributed by atoms with Gasteiger partial charge >= 0.3 is 6.18 Å². The topological polar surface area (TPSA) is 72.3 Å². The number of carbonyl (C=O) groups is 1. The van der Waals surface area contributed by atoms with Gasteiger partial charge in [-0.15, -0.1) is 0 Å². The Morgan fingerprint density at radius 3 is 2.15 bits per heavy atom. The number of carbonyl (C=O) groups excluding carboxylic acids is 1. The number of hydrogen-bond acceptors (Lipinski definition) is 4. The predicted octanol–water partition coefficient (Wildman–Crippen LogP) is 6.05. The zero-order valence-electron chi connectivity index (χ0n) is 21.9. The number of amides is 1. The number of benzene rings is 3. The highest BCUT2D eigenvalue weighted by molar-refractivity contribution is 7.90. The first-order valence-corrected chi connectivity index (χ1v) is 15.1. The summed E-state index contributed by atoms with van der Waals surface area (Å²) in [6.07, 6.45) is -0.567. The van der Waals surface area contributed by atoms with Crippen LogP contribution in [0.3, 0.4) is 0 Å². The zero-order chi connectivity index (χ0) is 28.2. The number of halogens is 3. The Balaban J connectivity index is 1.33. The van der Waals surface area contributed by atoms with Gasteiger partial charge in [-0.1, -0.05) is 36.4 Å². The fraction of sp³-hybridized carbons (Fsp3) is 0.333. The van der Waals surface area contributed by atoms with Crippen molar-refractivity contribution in [2.24, 2.45) is 11.8 Å². The van der Waals surface area contributed by atoms with Crippen LogP contribution in [0, 0.1) is 11.8 Å². The predicted molar refractivity (Wildman–Crippen MR) is 146 cm³/mol. The molecule has 1 aliphatic heterocycles. The number of hydrogen-bond donors (Lipinski definition) is 0. The molecule has 3 aromatic carbocycles. The molecule has 1 saturated heterocycles. The van der Waals surface area contributed by atoms with Crippen LogP contribution in [0.15, 0.2) is 71.6 Å². The molecule has 1 amide bonds. The van der Waals surface area contributed by atoms with E-state index in [-0.39, 0.29) is 28.2 Å². The molecule has 40 heavy (non-hydrogen) atoms. The molecule has 2 heterocycles. The van der Waals surface area contributed by atoms with Crippen molar-refractivity contribution in [2.75, 3.05) is 19.3 Å². The SMILES string of the molecule is CS(=O)(=O)c1ccc(-c2ccc(-c3nc4cc(C(F)(F)F)ccc4n3C[C@H]3CCN(C(=O)C4CC4)C3)cc2)cc1. The lowest BCUT2D eigenvalue weighted by atomic mass is 10.0. The van der Waals surface area contributed by atoms with E-state index in [4.69, 9.17) is 0 Å². The van der Waals surface area contributed by atoms with E-state index < -0.39 is 21.6 Å². The number of nitrogens with zero attached hydrogens (tertiary/aromatic N) is 3. The number of aromatic nitrogens is 2. The summed E-state index contributed by atoms with van der Waals surface area (Å²) in [5.41, 5.74) is 2.62. The minimum Gasteiger partial charge on any atom is -0.342 e. The maximum atomic E-state index is 13.5. The van der Waals surface area contributed by atoms with Gasteiger partial charge in [-0.05, 0) is 66.6 Å². The molecule has 2 fully saturated rings. The average Bonchev–Trinajstić information content (AvgIpc) is 3.57. The van der Waals surface area contributed by atoms with E-state index in [0.717, 1.165) is 54.3 Å². The van der Waals surface area contributed by atoms with Gasteiger partial charge in [0, 0.05) is 37.4 Å². The fourth-order valence-corrected chi connectivity index (χ4v) is 6.08. The lowest BCUT2D eigenvalue weighted by Gasteiger charge is -2.18. The third-order valence-corrected chi connectivity index (χ3v) is 8.93. The lowest BCUT2D eigenvalue weighted by molar-refractivity contribution is -0.137. The Morgan fingerprint density at radius 2 is 1.55 bits per heavy atom. The number of rotatable bonds is 6. The number of sulfone groups is 1. The van der Waals surface area contributed by atoms with Crippen LogP contribution >= 0.6 is 0 Å². The van der Waals surface area contributed by atoms with E-state index in [2.05, 4.69) is 4.98 Å². The van der Waals surface area contributed by atoms with E-state index in [1.54, 1.807) is 24.3 Å². The minimum atomic E-state index is -4.47. The largest absolute Gasteiger partial charge is 0.416 e. The van der Waals surface area contributed by atoms with Gasteiger partial charge in [-0.3, -0.25) is 4.79 Å². The van der Waals surface area contributed by atoms with Crippen molar-refractivity contribution < 1.29 is 26.4 Å². The van der Waals surface area contributed by atoms with Crippen molar-refractivity contribution in [3.63, 3.8) is 0 Å². The van der Waals surface area contributed by atoms with Gasteiger partial charge in [0.1, 0.15) is 5.82 Å². The monoisotopic (exact) mass is 567 g/mol. The molecule has 10 heteroatoms. The second-order valence-corrected chi connectivity index (χ2v) is 12.9. The number of alkyl halides is 3. The van der Waals surface area contributed by atoms with Gasteiger partial charge in [-0.25, -0.2) is 13.4 Å². The van der Waals surface area contributed by atoms with Crippen LogP contribution in [0.4, 0.5) is 13.2 Å². The molecular weight excluding hydrogens is 539 g/mol. The second kappa shape index (κ2) is 9.76. The van der Waals surface area contributed by atoms with Crippen LogP contribution in [-0.2, 0) is 27.4 Å². The highest BCUT2D eigenvalue weighted by atomic mass is 32.2. The van der Waals surface area contributed by atoms with Crippen molar-refractivity contribution in [2.45, 2.75) is 36.9 Å². The molecule has 0 bridgehead atoms. The second-order valence-electron chi connectivity index (χ2n) is 10.8. The molecule has 6 rings (SSSR count). The third kappa shape index (κ3) is 5.24.